The van der Waals surface area contributed by atoms with Crippen molar-refractivity contribution in [2.24, 2.45) is 0 Å². The monoisotopic (exact) mass is 426 g/mol. The van der Waals surface area contributed by atoms with Gasteiger partial charge in [0, 0.05) is 13.0 Å². The number of amides is 2. The quantitative estimate of drug-likeness (QED) is 0.598. The molecule has 0 radical (unpaired) electrons. The van der Waals surface area contributed by atoms with Gasteiger partial charge in [-0.25, -0.2) is 4.79 Å². The minimum absolute atomic E-state index is 0.0933. The number of carboxylic acid groups (broad SMARTS) is 1. The number of alkyl carbamates (subject to hydrolysis) is 1. The normalized spacial score (nSPS) is 15.2. The number of ether oxygens (including phenoxy) is 2. The second-order valence-corrected chi connectivity index (χ2v) is 7.75. The largest absolute Gasteiger partial charge is 0.480 e. The SMILES string of the molecule is COCC(C)(NC(=O)OCC1c2ccccc2-c2ccccc21)C(=O)N[C@H](C)C(=O)O. The van der Waals surface area contributed by atoms with Crippen LogP contribution in [0.3, 0.4) is 0 Å². The molecule has 1 aliphatic rings. The van der Waals surface area contributed by atoms with Gasteiger partial charge >= 0.3 is 12.1 Å². The van der Waals surface area contributed by atoms with Crippen LogP contribution in [0.15, 0.2) is 48.5 Å². The molecule has 3 rings (SSSR count). The predicted octanol–water partition coefficient (Wildman–Crippen LogP) is 2.52. The van der Waals surface area contributed by atoms with Gasteiger partial charge in [0.25, 0.3) is 0 Å². The average molecular weight is 426 g/mol. The Labute approximate surface area is 180 Å². The summed E-state index contributed by atoms with van der Waals surface area (Å²) in [6.45, 7) is 2.72. The maximum Gasteiger partial charge on any atom is 0.408 e. The molecule has 2 atom stereocenters. The summed E-state index contributed by atoms with van der Waals surface area (Å²) in [6.07, 6.45) is -0.792. The molecule has 2 aromatic rings. The van der Waals surface area contributed by atoms with E-state index in [1.807, 2.05) is 48.5 Å². The van der Waals surface area contributed by atoms with Crippen molar-refractivity contribution in [3.63, 3.8) is 0 Å². The topological polar surface area (TPSA) is 114 Å². The van der Waals surface area contributed by atoms with Crippen LogP contribution in [0, 0.1) is 0 Å². The second kappa shape index (κ2) is 9.18. The molecule has 8 nitrogen and oxygen atoms in total. The molecule has 8 heteroatoms. The van der Waals surface area contributed by atoms with E-state index in [0.29, 0.717) is 0 Å². The molecule has 0 saturated carbocycles. The van der Waals surface area contributed by atoms with Crippen molar-refractivity contribution in [1.29, 1.82) is 0 Å². The zero-order chi connectivity index (χ0) is 22.6. The number of carbonyl (C=O) groups is 3. The Balaban J connectivity index is 1.70. The van der Waals surface area contributed by atoms with Gasteiger partial charge in [0.2, 0.25) is 5.91 Å². The Hall–Kier alpha value is -3.39. The van der Waals surface area contributed by atoms with Crippen LogP contribution >= 0.6 is 0 Å². The van der Waals surface area contributed by atoms with E-state index in [-0.39, 0.29) is 19.1 Å². The number of hydrogen-bond acceptors (Lipinski definition) is 5. The molecule has 0 saturated heterocycles. The average Bonchev–Trinajstić information content (AvgIpc) is 3.06. The van der Waals surface area contributed by atoms with E-state index in [1.165, 1.54) is 21.0 Å². The van der Waals surface area contributed by atoms with Crippen LogP contribution < -0.4 is 10.6 Å². The Bertz CT molecular complexity index is 946. The summed E-state index contributed by atoms with van der Waals surface area (Å²) >= 11 is 0. The first-order chi connectivity index (χ1) is 14.8. The van der Waals surface area contributed by atoms with Gasteiger partial charge in [0.15, 0.2) is 0 Å². The number of nitrogens with one attached hydrogen (secondary N) is 2. The highest BCUT2D eigenvalue weighted by Crippen LogP contribution is 2.44. The molecule has 0 fully saturated rings. The van der Waals surface area contributed by atoms with E-state index in [0.717, 1.165) is 22.3 Å². The lowest BCUT2D eigenvalue weighted by Crippen LogP contribution is -2.61. The lowest BCUT2D eigenvalue weighted by Gasteiger charge is -2.29. The van der Waals surface area contributed by atoms with Crippen LogP contribution in [0.1, 0.15) is 30.9 Å². The van der Waals surface area contributed by atoms with E-state index in [4.69, 9.17) is 14.6 Å². The Morgan fingerprint density at radius 3 is 2.13 bits per heavy atom. The molecular weight excluding hydrogens is 400 g/mol. The van der Waals surface area contributed by atoms with E-state index in [2.05, 4.69) is 10.6 Å². The summed E-state index contributed by atoms with van der Waals surface area (Å²) in [5.74, 6) is -1.99. The maximum absolute atomic E-state index is 12.6. The van der Waals surface area contributed by atoms with Gasteiger partial charge in [-0.1, -0.05) is 48.5 Å². The summed E-state index contributed by atoms with van der Waals surface area (Å²) in [5.41, 5.74) is 2.87. The van der Waals surface area contributed by atoms with Crippen molar-refractivity contribution in [2.75, 3.05) is 20.3 Å². The van der Waals surface area contributed by atoms with Crippen molar-refractivity contribution in [3.05, 3.63) is 59.7 Å². The first-order valence-electron chi connectivity index (χ1n) is 9.92. The molecule has 1 unspecified atom stereocenters. The van der Waals surface area contributed by atoms with Gasteiger partial charge in [-0.15, -0.1) is 0 Å². The highest BCUT2D eigenvalue weighted by Gasteiger charge is 2.38. The summed E-state index contributed by atoms with van der Waals surface area (Å²) in [5, 5.41) is 13.9. The number of methoxy groups -OCH3 is 1. The number of aliphatic carboxylic acids is 1. The van der Waals surface area contributed by atoms with Crippen LogP contribution in [0.25, 0.3) is 11.1 Å². The van der Waals surface area contributed by atoms with E-state index in [1.54, 1.807) is 0 Å². The van der Waals surface area contributed by atoms with Gasteiger partial charge in [0.1, 0.15) is 18.2 Å². The maximum atomic E-state index is 12.6. The van der Waals surface area contributed by atoms with E-state index < -0.39 is 29.6 Å². The molecule has 0 bridgehead atoms. The fraction of sp³-hybridized carbons (Fsp3) is 0.348. The summed E-state index contributed by atoms with van der Waals surface area (Å²) in [6, 6.07) is 14.8. The third-order valence-electron chi connectivity index (χ3n) is 5.37. The highest BCUT2D eigenvalue weighted by molar-refractivity contribution is 5.92. The van der Waals surface area contributed by atoms with E-state index in [9.17, 15) is 14.4 Å². The lowest BCUT2D eigenvalue weighted by atomic mass is 9.98. The smallest absolute Gasteiger partial charge is 0.408 e. The molecule has 0 aromatic heterocycles. The third kappa shape index (κ3) is 4.69. The fourth-order valence-electron chi connectivity index (χ4n) is 3.72. The minimum atomic E-state index is -1.50. The van der Waals surface area contributed by atoms with Gasteiger partial charge in [-0.05, 0) is 36.1 Å². The molecular formula is C23H26N2O6. The van der Waals surface area contributed by atoms with Crippen molar-refractivity contribution >= 4 is 18.0 Å². The van der Waals surface area contributed by atoms with Crippen molar-refractivity contribution in [3.8, 4) is 11.1 Å². The van der Waals surface area contributed by atoms with Crippen LogP contribution in [0.5, 0.6) is 0 Å². The summed E-state index contributed by atoms with van der Waals surface area (Å²) in [4.78, 5) is 36.2. The molecule has 164 valence electrons. The number of benzene rings is 2. The Morgan fingerprint density at radius 1 is 1.06 bits per heavy atom. The number of carboxylic acids is 1. The second-order valence-electron chi connectivity index (χ2n) is 7.75. The number of fused-ring (bicyclic) bond motifs is 3. The highest BCUT2D eigenvalue weighted by atomic mass is 16.5. The first kappa shape index (κ1) is 22.3. The lowest BCUT2D eigenvalue weighted by molar-refractivity contribution is -0.142. The van der Waals surface area contributed by atoms with Crippen LogP contribution in [-0.4, -0.2) is 55.0 Å². The zero-order valence-electron chi connectivity index (χ0n) is 17.7. The molecule has 2 amide bonds. The Morgan fingerprint density at radius 2 is 1.61 bits per heavy atom. The van der Waals surface area contributed by atoms with Gasteiger partial charge in [-0.3, -0.25) is 9.59 Å². The number of rotatable bonds is 8. The van der Waals surface area contributed by atoms with Gasteiger partial charge in [-0.2, -0.15) is 0 Å². The van der Waals surface area contributed by atoms with Gasteiger partial charge in [0.05, 0.1) is 6.61 Å². The first-order valence-corrected chi connectivity index (χ1v) is 9.92. The van der Waals surface area contributed by atoms with Crippen LogP contribution in [0.2, 0.25) is 0 Å². The Kier molecular flexibility index (Phi) is 6.60. The third-order valence-corrected chi connectivity index (χ3v) is 5.37. The summed E-state index contributed by atoms with van der Waals surface area (Å²) < 4.78 is 10.5. The molecule has 0 aliphatic heterocycles. The molecule has 31 heavy (non-hydrogen) atoms. The molecule has 3 N–H and O–H groups in total. The van der Waals surface area contributed by atoms with Crippen LogP contribution in [-0.2, 0) is 19.1 Å². The molecule has 1 aliphatic carbocycles. The van der Waals surface area contributed by atoms with E-state index >= 15 is 0 Å². The minimum Gasteiger partial charge on any atom is -0.480 e. The van der Waals surface area contributed by atoms with Crippen molar-refractivity contribution < 1.29 is 29.0 Å². The standard InChI is InChI=1S/C23H26N2O6/c1-14(20(26)27)24-21(28)23(2,13-30-3)25-22(29)31-12-19-17-10-6-4-8-15(17)16-9-5-7-11-18(16)19/h4-11,14,19H,12-13H2,1-3H3,(H,24,28)(H,25,29)(H,26,27)/t14-,23?/m1/s1. The zero-order valence-corrected chi connectivity index (χ0v) is 17.7. The molecule has 2 aromatic carbocycles. The molecule has 0 spiro atoms. The fourth-order valence-corrected chi connectivity index (χ4v) is 3.72. The summed E-state index contributed by atoms with van der Waals surface area (Å²) in [7, 11) is 1.38. The molecule has 0 heterocycles. The number of carbonyl (C=O) groups excluding carboxylic acids is 2. The predicted molar refractivity (Wildman–Crippen MR) is 114 cm³/mol. The van der Waals surface area contributed by atoms with Crippen molar-refractivity contribution in [2.45, 2.75) is 31.3 Å². The van der Waals surface area contributed by atoms with Crippen LogP contribution in [0.4, 0.5) is 4.79 Å². The van der Waals surface area contributed by atoms with Gasteiger partial charge < -0.3 is 25.2 Å². The number of hydrogen-bond donors (Lipinski definition) is 3. The van der Waals surface area contributed by atoms with Crippen molar-refractivity contribution in [1.82, 2.24) is 10.6 Å².